The van der Waals surface area contributed by atoms with Crippen molar-refractivity contribution >= 4 is 6.03 Å². The summed E-state index contributed by atoms with van der Waals surface area (Å²) in [6.07, 6.45) is 6.45. The molecule has 1 aliphatic heterocycles. The first-order valence-electron chi connectivity index (χ1n) is 8.95. The number of hydrogen-bond donors (Lipinski definition) is 2. The van der Waals surface area contributed by atoms with Gasteiger partial charge in [0.05, 0.1) is 6.04 Å². The van der Waals surface area contributed by atoms with Gasteiger partial charge in [0.2, 0.25) is 0 Å². The van der Waals surface area contributed by atoms with E-state index in [9.17, 15) is 9.90 Å². The maximum Gasteiger partial charge on any atom is 0.317 e. The number of piperidine rings is 1. The number of carbonyl (C=O) groups is 1. The molecule has 0 spiro atoms. The Morgan fingerprint density at radius 2 is 2.13 bits per heavy atom. The highest BCUT2D eigenvalue weighted by Crippen LogP contribution is 2.21. The van der Waals surface area contributed by atoms with E-state index in [0.29, 0.717) is 6.54 Å². The van der Waals surface area contributed by atoms with Gasteiger partial charge in [-0.3, -0.25) is 0 Å². The molecule has 2 atom stereocenters. The minimum Gasteiger partial charge on any atom is -0.396 e. The average Bonchev–Trinajstić information content (AvgIpc) is 2.61. The molecule has 0 aromatic heterocycles. The van der Waals surface area contributed by atoms with Crippen molar-refractivity contribution in [2.45, 2.75) is 51.5 Å². The Labute approximate surface area is 139 Å². The van der Waals surface area contributed by atoms with Gasteiger partial charge in [-0.15, -0.1) is 0 Å². The van der Waals surface area contributed by atoms with E-state index >= 15 is 0 Å². The van der Waals surface area contributed by atoms with Gasteiger partial charge in [0.25, 0.3) is 0 Å². The summed E-state index contributed by atoms with van der Waals surface area (Å²) in [5.74, 6) is 0.227. The van der Waals surface area contributed by atoms with Crippen LogP contribution in [0.4, 0.5) is 4.79 Å². The molecule has 23 heavy (non-hydrogen) atoms. The summed E-state index contributed by atoms with van der Waals surface area (Å²) in [7, 11) is 0. The fourth-order valence-corrected chi connectivity index (χ4v) is 3.24. The molecule has 0 radical (unpaired) electrons. The van der Waals surface area contributed by atoms with Crippen LogP contribution in [-0.4, -0.2) is 35.7 Å². The summed E-state index contributed by atoms with van der Waals surface area (Å²) in [5, 5.41) is 12.5. The molecule has 4 nitrogen and oxygen atoms in total. The SMILES string of the molecule is CCCCCC(NC(=O)N1CCCC(CO)C1)c1ccccc1. The Balaban J connectivity index is 1.97. The number of nitrogens with zero attached hydrogens (tertiary/aromatic N) is 1. The zero-order chi connectivity index (χ0) is 16.5. The van der Waals surface area contributed by atoms with E-state index < -0.39 is 0 Å². The van der Waals surface area contributed by atoms with E-state index in [2.05, 4.69) is 24.4 Å². The minimum atomic E-state index is 0.00787. The highest BCUT2D eigenvalue weighted by Gasteiger charge is 2.25. The molecule has 0 aliphatic carbocycles. The van der Waals surface area contributed by atoms with Crippen molar-refractivity contribution in [3.8, 4) is 0 Å². The number of rotatable bonds is 7. The van der Waals surface area contributed by atoms with Crippen LogP contribution in [0.5, 0.6) is 0 Å². The van der Waals surface area contributed by atoms with Crippen LogP contribution in [0.2, 0.25) is 0 Å². The maximum atomic E-state index is 12.6. The Morgan fingerprint density at radius 3 is 2.83 bits per heavy atom. The predicted molar refractivity (Wildman–Crippen MR) is 93.2 cm³/mol. The van der Waals surface area contributed by atoms with Crippen LogP contribution in [0.25, 0.3) is 0 Å². The van der Waals surface area contributed by atoms with E-state index in [1.54, 1.807) is 0 Å². The second kappa shape index (κ2) is 9.56. The smallest absolute Gasteiger partial charge is 0.317 e. The van der Waals surface area contributed by atoms with Crippen LogP contribution in [-0.2, 0) is 0 Å². The fourth-order valence-electron chi connectivity index (χ4n) is 3.24. The first-order chi connectivity index (χ1) is 11.2. The Morgan fingerprint density at radius 1 is 1.35 bits per heavy atom. The molecule has 2 rings (SSSR count). The topological polar surface area (TPSA) is 52.6 Å². The summed E-state index contributed by atoms with van der Waals surface area (Å²) in [6.45, 7) is 3.82. The van der Waals surface area contributed by atoms with Gasteiger partial charge in [-0.25, -0.2) is 4.79 Å². The molecule has 1 fully saturated rings. The van der Waals surface area contributed by atoms with Gasteiger partial charge >= 0.3 is 6.03 Å². The number of urea groups is 1. The standard InChI is InChI=1S/C19H30N2O2/c1-2-3-5-12-18(17-10-6-4-7-11-17)20-19(23)21-13-8-9-16(14-21)15-22/h4,6-7,10-11,16,18,22H,2-3,5,8-9,12-15H2,1H3,(H,20,23). The predicted octanol–water partition coefficient (Wildman–Crippen LogP) is 3.72. The normalized spacial score (nSPS) is 19.4. The lowest BCUT2D eigenvalue weighted by molar-refractivity contribution is 0.127. The van der Waals surface area contributed by atoms with Crippen molar-refractivity contribution < 1.29 is 9.90 Å². The number of benzene rings is 1. The molecule has 1 heterocycles. The average molecular weight is 318 g/mol. The lowest BCUT2D eigenvalue weighted by Crippen LogP contribution is -2.47. The van der Waals surface area contributed by atoms with Crippen LogP contribution in [0.15, 0.2) is 30.3 Å². The fraction of sp³-hybridized carbons (Fsp3) is 0.632. The number of aliphatic hydroxyl groups is 1. The number of amides is 2. The summed E-state index contributed by atoms with van der Waals surface area (Å²) >= 11 is 0. The van der Waals surface area contributed by atoms with Gasteiger partial charge in [0.15, 0.2) is 0 Å². The molecule has 4 heteroatoms. The quantitative estimate of drug-likeness (QED) is 0.753. The van der Waals surface area contributed by atoms with Crippen LogP contribution < -0.4 is 5.32 Å². The van der Waals surface area contributed by atoms with Crippen molar-refractivity contribution in [2.75, 3.05) is 19.7 Å². The summed E-state index contributed by atoms with van der Waals surface area (Å²) in [6, 6.07) is 10.3. The maximum absolute atomic E-state index is 12.6. The number of carbonyl (C=O) groups excluding carboxylic acids is 1. The van der Waals surface area contributed by atoms with Crippen molar-refractivity contribution in [3.63, 3.8) is 0 Å². The van der Waals surface area contributed by atoms with Crippen LogP contribution >= 0.6 is 0 Å². The molecule has 2 N–H and O–H groups in total. The molecule has 1 saturated heterocycles. The lowest BCUT2D eigenvalue weighted by Gasteiger charge is -2.33. The van der Waals surface area contributed by atoms with Crippen LogP contribution in [0.1, 0.15) is 57.1 Å². The highest BCUT2D eigenvalue weighted by atomic mass is 16.3. The molecule has 1 aromatic carbocycles. The monoisotopic (exact) mass is 318 g/mol. The second-order valence-corrected chi connectivity index (χ2v) is 6.55. The van der Waals surface area contributed by atoms with Crippen LogP contribution in [0, 0.1) is 5.92 Å². The van der Waals surface area contributed by atoms with E-state index in [0.717, 1.165) is 32.2 Å². The van der Waals surface area contributed by atoms with Crippen LogP contribution in [0.3, 0.4) is 0 Å². The van der Waals surface area contributed by atoms with E-state index in [1.807, 2.05) is 23.1 Å². The van der Waals surface area contributed by atoms with Crippen molar-refractivity contribution in [3.05, 3.63) is 35.9 Å². The zero-order valence-electron chi connectivity index (χ0n) is 14.2. The molecule has 1 aromatic rings. The second-order valence-electron chi connectivity index (χ2n) is 6.55. The third-order valence-corrected chi connectivity index (χ3v) is 4.66. The first-order valence-corrected chi connectivity index (χ1v) is 8.95. The summed E-state index contributed by atoms with van der Waals surface area (Å²) < 4.78 is 0. The number of nitrogens with one attached hydrogen (secondary N) is 1. The molecule has 2 unspecified atom stereocenters. The van der Waals surface area contributed by atoms with E-state index in [-0.39, 0.29) is 24.6 Å². The summed E-state index contributed by atoms with van der Waals surface area (Å²) in [4.78, 5) is 14.5. The molecule has 0 saturated carbocycles. The molecule has 2 amide bonds. The van der Waals surface area contributed by atoms with Gasteiger partial charge in [-0.2, -0.15) is 0 Å². The molecule has 0 bridgehead atoms. The third-order valence-electron chi connectivity index (χ3n) is 4.66. The number of unbranched alkanes of at least 4 members (excludes halogenated alkanes) is 2. The number of aliphatic hydroxyl groups excluding tert-OH is 1. The number of likely N-dealkylation sites (tertiary alicyclic amines) is 1. The van der Waals surface area contributed by atoms with Gasteiger partial charge in [0.1, 0.15) is 0 Å². The van der Waals surface area contributed by atoms with E-state index in [4.69, 9.17) is 0 Å². The van der Waals surface area contributed by atoms with Gasteiger partial charge in [-0.05, 0) is 30.7 Å². The Kier molecular flexibility index (Phi) is 7.40. The zero-order valence-corrected chi connectivity index (χ0v) is 14.2. The third kappa shape index (κ3) is 5.54. The number of hydrogen-bond acceptors (Lipinski definition) is 2. The Bertz CT molecular complexity index is 464. The largest absolute Gasteiger partial charge is 0.396 e. The van der Waals surface area contributed by atoms with Gasteiger partial charge < -0.3 is 15.3 Å². The minimum absolute atomic E-state index is 0.00787. The lowest BCUT2D eigenvalue weighted by atomic mass is 9.99. The molecule has 128 valence electrons. The van der Waals surface area contributed by atoms with E-state index in [1.165, 1.54) is 18.4 Å². The Hall–Kier alpha value is -1.55. The molecule has 1 aliphatic rings. The molecular weight excluding hydrogens is 288 g/mol. The highest BCUT2D eigenvalue weighted by molar-refractivity contribution is 5.74. The van der Waals surface area contributed by atoms with Gasteiger partial charge in [-0.1, -0.05) is 56.5 Å². The van der Waals surface area contributed by atoms with Crippen molar-refractivity contribution in [1.29, 1.82) is 0 Å². The first kappa shape index (κ1) is 17.8. The summed E-state index contributed by atoms with van der Waals surface area (Å²) in [5.41, 5.74) is 1.17. The van der Waals surface area contributed by atoms with Crippen molar-refractivity contribution in [1.82, 2.24) is 10.2 Å². The van der Waals surface area contributed by atoms with Crippen molar-refractivity contribution in [2.24, 2.45) is 5.92 Å². The molecular formula is C19H30N2O2. The van der Waals surface area contributed by atoms with Gasteiger partial charge in [0, 0.05) is 19.7 Å².